The Morgan fingerprint density at radius 3 is 2.64 bits per heavy atom. The van der Waals surface area contributed by atoms with Gasteiger partial charge < -0.3 is 10.1 Å². The minimum atomic E-state index is -0.251. The van der Waals surface area contributed by atoms with E-state index >= 15 is 0 Å². The molecule has 2 rings (SSSR count). The number of carbonyl (C=O) groups is 1. The molecule has 0 aromatic heterocycles. The zero-order valence-electron chi connectivity index (χ0n) is 14.6. The summed E-state index contributed by atoms with van der Waals surface area (Å²) >= 11 is 5.25. The Bertz CT molecular complexity index is 704. The van der Waals surface area contributed by atoms with Gasteiger partial charge in [0.2, 0.25) is 0 Å². The second kappa shape index (κ2) is 9.79. The van der Waals surface area contributed by atoms with E-state index in [1.54, 1.807) is 18.2 Å². The van der Waals surface area contributed by atoms with Gasteiger partial charge in [0.05, 0.1) is 12.6 Å². The van der Waals surface area contributed by atoms with Crippen molar-refractivity contribution in [1.29, 1.82) is 0 Å². The average molecular weight is 356 g/mol. The van der Waals surface area contributed by atoms with E-state index in [1.807, 2.05) is 43.3 Å². The molecule has 0 aliphatic carbocycles. The number of carbonyl (C=O) groups excluding carboxylic acids is 1. The van der Waals surface area contributed by atoms with Gasteiger partial charge in [-0.1, -0.05) is 49.7 Å². The van der Waals surface area contributed by atoms with Crippen LogP contribution in [0.5, 0.6) is 5.75 Å². The molecule has 0 aliphatic rings. The molecule has 0 saturated carbocycles. The lowest BCUT2D eigenvalue weighted by Gasteiger charge is -2.17. The first-order chi connectivity index (χ1) is 12.1. The summed E-state index contributed by atoms with van der Waals surface area (Å²) in [5, 5.41) is 6.14. The molecule has 0 fully saturated rings. The lowest BCUT2D eigenvalue weighted by atomic mass is 10.1. The van der Waals surface area contributed by atoms with Crippen molar-refractivity contribution in [3.05, 3.63) is 65.7 Å². The Hall–Kier alpha value is -2.40. The van der Waals surface area contributed by atoms with Crippen molar-refractivity contribution in [2.75, 3.05) is 6.61 Å². The maximum atomic E-state index is 12.4. The number of ether oxygens (including phenoxy) is 1. The monoisotopic (exact) mass is 356 g/mol. The standard InChI is InChI=1S/C20H24N2O2S/c1-3-4-13-24-18-12-8-11-17(14-18)19(23)22-20(25)21-15(2)16-9-6-5-7-10-16/h5-12,14-15H,3-4,13H2,1-2H3,(H2,21,22,23,25). The van der Waals surface area contributed by atoms with E-state index in [1.165, 1.54) is 0 Å². The van der Waals surface area contributed by atoms with Gasteiger partial charge in [-0.05, 0) is 49.3 Å². The maximum absolute atomic E-state index is 12.4. The minimum Gasteiger partial charge on any atom is -0.494 e. The van der Waals surface area contributed by atoms with Gasteiger partial charge in [0.25, 0.3) is 5.91 Å². The smallest absolute Gasteiger partial charge is 0.257 e. The summed E-state index contributed by atoms with van der Waals surface area (Å²) in [6.45, 7) is 4.75. The largest absolute Gasteiger partial charge is 0.494 e. The van der Waals surface area contributed by atoms with E-state index in [0.717, 1.165) is 18.4 Å². The van der Waals surface area contributed by atoms with Crippen molar-refractivity contribution < 1.29 is 9.53 Å². The first kappa shape index (κ1) is 18.9. The SMILES string of the molecule is CCCCOc1cccc(C(=O)NC(=S)NC(C)c2ccccc2)c1. The molecule has 0 saturated heterocycles. The summed E-state index contributed by atoms with van der Waals surface area (Å²) in [5.41, 5.74) is 1.62. The van der Waals surface area contributed by atoms with Gasteiger partial charge in [0.1, 0.15) is 5.75 Å². The van der Waals surface area contributed by atoms with Gasteiger partial charge in [0.15, 0.2) is 5.11 Å². The molecule has 1 unspecified atom stereocenters. The van der Waals surface area contributed by atoms with Crippen molar-refractivity contribution in [3.63, 3.8) is 0 Å². The molecule has 0 radical (unpaired) electrons. The fraction of sp³-hybridized carbons (Fsp3) is 0.300. The molecule has 0 aliphatic heterocycles. The molecule has 0 heterocycles. The number of hydrogen-bond acceptors (Lipinski definition) is 3. The molecule has 2 aromatic carbocycles. The highest BCUT2D eigenvalue weighted by Gasteiger charge is 2.11. The number of rotatable bonds is 7. The summed E-state index contributed by atoms with van der Waals surface area (Å²) in [6, 6.07) is 17.1. The first-order valence-electron chi connectivity index (χ1n) is 8.49. The molecule has 5 heteroatoms. The highest BCUT2D eigenvalue weighted by atomic mass is 32.1. The van der Waals surface area contributed by atoms with E-state index in [0.29, 0.717) is 23.0 Å². The molecule has 1 amide bonds. The number of unbranched alkanes of at least 4 members (excludes halogenated alkanes) is 1. The zero-order chi connectivity index (χ0) is 18.1. The quantitative estimate of drug-likeness (QED) is 0.576. The molecule has 2 N–H and O–H groups in total. The van der Waals surface area contributed by atoms with E-state index in [9.17, 15) is 4.79 Å². The Morgan fingerprint density at radius 1 is 1.16 bits per heavy atom. The van der Waals surface area contributed by atoms with Crippen LogP contribution < -0.4 is 15.4 Å². The maximum Gasteiger partial charge on any atom is 0.257 e. The van der Waals surface area contributed by atoms with Crippen LogP contribution in [0.4, 0.5) is 0 Å². The summed E-state index contributed by atoms with van der Waals surface area (Å²) in [6.07, 6.45) is 2.06. The van der Waals surface area contributed by atoms with Gasteiger partial charge >= 0.3 is 0 Å². The molecular weight excluding hydrogens is 332 g/mol. The Balaban J connectivity index is 1.90. The molecule has 0 bridgehead atoms. The summed E-state index contributed by atoms with van der Waals surface area (Å²) in [7, 11) is 0. The van der Waals surface area contributed by atoms with E-state index in [4.69, 9.17) is 17.0 Å². The molecule has 0 spiro atoms. The highest BCUT2D eigenvalue weighted by Crippen LogP contribution is 2.14. The predicted molar refractivity (Wildman–Crippen MR) is 105 cm³/mol. The molecule has 4 nitrogen and oxygen atoms in total. The number of amides is 1. The lowest BCUT2D eigenvalue weighted by Crippen LogP contribution is -2.40. The van der Waals surface area contributed by atoms with Gasteiger partial charge in [-0.3, -0.25) is 10.1 Å². The van der Waals surface area contributed by atoms with Crippen molar-refractivity contribution >= 4 is 23.2 Å². The first-order valence-corrected chi connectivity index (χ1v) is 8.90. The fourth-order valence-electron chi connectivity index (χ4n) is 2.29. The number of hydrogen-bond donors (Lipinski definition) is 2. The van der Waals surface area contributed by atoms with E-state index < -0.39 is 0 Å². The number of thiocarbonyl (C=S) groups is 1. The van der Waals surface area contributed by atoms with Crippen LogP contribution in [0.25, 0.3) is 0 Å². The number of benzene rings is 2. The summed E-state index contributed by atoms with van der Waals surface area (Å²) in [4.78, 5) is 12.4. The Morgan fingerprint density at radius 2 is 1.92 bits per heavy atom. The van der Waals surface area contributed by atoms with Crippen LogP contribution in [0.2, 0.25) is 0 Å². The zero-order valence-corrected chi connectivity index (χ0v) is 15.4. The normalized spacial score (nSPS) is 11.4. The summed E-state index contributed by atoms with van der Waals surface area (Å²) in [5.74, 6) is 0.441. The molecule has 2 aromatic rings. The van der Waals surface area contributed by atoms with Crippen molar-refractivity contribution in [3.8, 4) is 5.75 Å². The van der Waals surface area contributed by atoms with Gasteiger partial charge in [-0.15, -0.1) is 0 Å². The van der Waals surface area contributed by atoms with Crippen LogP contribution in [0.15, 0.2) is 54.6 Å². The van der Waals surface area contributed by atoms with Gasteiger partial charge in [-0.2, -0.15) is 0 Å². The van der Waals surface area contributed by atoms with E-state index in [-0.39, 0.29) is 11.9 Å². The third kappa shape index (κ3) is 6.19. The lowest BCUT2D eigenvalue weighted by molar-refractivity contribution is 0.0976. The third-order valence-corrected chi connectivity index (χ3v) is 3.96. The predicted octanol–water partition coefficient (Wildman–Crippen LogP) is 4.23. The second-order valence-electron chi connectivity index (χ2n) is 5.79. The second-order valence-corrected chi connectivity index (χ2v) is 6.20. The van der Waals surface area contributed by atoms with Crippen molar-refractivity contribution in [1.82, 2.24) is 10.6 Å². The van der Waals surface area contributed by atoms with Crippen LogP contribution >= 0.6 is 12.2 Å². The van der Waals surface area contributed by atoms with Crippen LogP contribution in [0.1, 0.15) is 48.7 Å². The third-order valence-electron chi connectivity index (χ3n) is 3.74. The molecule has 1 atom stereocenters. The Kier molecular flexibility index (Phi) is 7.41. The molecule has 25 heavy (non-hydrogen) atoms. The molecule has 132 valence electrons. The minimum absolute atomic E-state index is 0.0118. The summed E-state index contributed by atoms with van der Waals surface area (Å²) < 4.78 is 5.64. The average Bonchev–Trinajstić information content (AvgIpc) is 2.63. The number of nitrogens with one attached hydrogen (secondary N) is 2. The Labute approximate surface area is 154 Å². The molecular formula is C20H24N2O2S. The van der Waals surface area contributed by atoms with Crippen LogP contribution in [-0.2, 0) is 0 Å². The topological polar surface area (TPSA) is 50.4 Å². The van der Waals surface area contributed by atoms with Crippen LogP contribution in [-0.4, -0.2) is 17.6 Å². The van der Waals surface area contributed by atoms with Crippen LogP contribution in [0, 0.1) is 0 Å². The van der Waals surface area contributed by atoms with Gasteiger partial charge in [-0.25, -0.2) is 0 Å². The van der Waals surface area contributed by atoms with Gasteiger partial charge in [0, 0.05) is 5.56 Å². The van der Waals surface area contributed by atoms with E-state index in [2.05, 4.69) is 17.6 Å². The fourth-order valence-corrected chi connectivity index (χ4v) is 2.56. The van der Waals surface area contributed by atoms with Crippen molar-refractivity contribution in [2.45, 2.75) is 32.7 Å². The van der Waals surface area contributed by atoms with Crippen molar-refractivity contribution in [2.24, 2.45) is 0 Å². The highest BCUT2D eigenvalue weighted by molar-refractivity contribution is 7.80. The van der Waals surface area contributed by atoms with Crippen LogP contribution in [0.3, 0.4) is 0 Å².